The zero-order chi connectivity index (χ0) is 13.0. The van der Waals surface area contributed by atoms with E-state index in [4.69, 9.17) is 17.3 Å². The number of nitrogens with two attached hydrogens (primary N) is 1. The molecule has 0 saturated carbocycles. The van der Waals surface area contributed by atoms with Gasteiger partial charge in [-0.15, -0.1) is 0 Å². The third-order valence-corrected chi connectivity index (χ3v) is 3.31. The second-order valence-corrected chi connectivity index (χ2v) is 4.74. The third kappa shape index (κ3) is 3.03. The van der Waals surface area contributed by atoms with Crippen molar-refractivity contribution in [2.24, 2.45) is 0 Å². The molecule has 2 rings (SSSR count). The maximum atomic E-state index is 6.01. The molecule has 2 aromatic rings. The lowest BCUT2D eigenvalue weighted by Gasteiger charge is -2.18. The Morgan fingerprint density at radius 1 is 1.17 bits per heavy atom. The molecule has 0 radical (unpaired) electrons. The Labute approximate surface area is 113 Å². The van der Waals surface area contributed by atoms with Crippen molar-refractivity contribution in [3.05, 3.63) is 64.7 Å². The summed E-state index contributed by atoms with van der Waals surface area (Å²) in [4.78, 5) is 0. The molecule has 0 aliphatic heterocycles. The summed E-state index contributed by atoms with van der Waals surface area (Å²) in [5.41, 5.74) is 9.10. The fourth-order valence-corrected chi connectivity index (χ4v) is 2.24. The van der Waals surface area contributed by atoms with E-state index in [1.54, 1.807) is 0 Å². The Hall–Kier alpha value is -1.51. The molecule has 0 aliphatic rings. The van der Waals surface area contributed by atoms with Crippen LogP contribution in [0.25, 0.3) is 0 Å². The lowest BCUT2D eigenvalue weighted by molar-refractivity contribution is 0.593. The number of hydrogen-bond acceptors (Lipinski definition) is 2. The minimum atomic E-state index is 0.243. The van der Waals surface area contributed by atoms with Gasteiger partial charge in [0.15, 0.2) is 0 Å². The van der Waals surface area contributed by atoms with Crippen LogP contribution in [0.4, 0.5) is 5.69 Å². The molecule has 0 aromatic heterocycles. The number of anilines is 1. The van der Waals surface area contributed by atoms with E-state index in [1.165, 1.54) is 5.56 Å². The first-order valence-electron chi connectivity index (χ1n) is 5.97. The van der Waals surface area contributed by atoms with E-state index in [0.717, 1.165) is 22.7 Å². The molecule has 0 heterocycles. The normalized spacial score (nSPS) is 12.3. The highest BCUT2D eigenvalue weighted by atomic mass is 35.5. The predicted molar refractivity (Wildman–Crippen MR) is 77.8 cm³/mol. The third-order valence-electron chi connectivity index (χ3n) is 3.08. The van der Waals surface area contributed by atoms with Crippen molar-refractivity contribution in [1.82, 2.24) is 5.32 Å². The van der Waals surface area contributed by atoms with Crippen molar-refractivity contribution in [3.8, 4) is 0 Å². The molecule has 2 aromatic carbocycles. The van der Waals surface area contributed by atoms with Crippen LogP contribution in [-0.4, -0.2) is 7.05 Å². The van der Waals surface area contributed by atoms with Gasteiger partial charge in [0, 0.05) is 16.8 Å². The molecule has 1 atom stereocenters. The van der Waals surface area contributed by atoms with Gasteiger partial charge in [0.2, 0.25) is 0 Å². The van der Waals surface area contributed by atoms with Gasteiger partial charge in [0.1, 0.15) is 0 Å². The van der Waals surface area contributed by atoms with E-state index in [9.17, 15) is 0 Å². The summed E-state index contributed by atoms with van der Waals surface area (Å²) >= 11 is 6.01. The molecule has 3 N–H and O–H groups in total. The highest BCUT2D eigenvalue weighted by molar-refractivity contribution is 6.30. The van der Waals surface area contributed by atoms with Gasteiger partial charge >= 0.3 is 0 Å². The second kappa shape index (κ2) is 5.89. The van der Waals surface area contributed by atoms with E-state index in [0.29, 0.717) is 0 Å². The molecule has 94 valence electrons. The molecule has 3 heteroatoms. The molecule has 2 nitrogen and oxygen atoms in total. The second-order valence-electron chi connectivity index (χ2n) is 4.30. The molecule has 0 amide bonds. The Morgan fingerprint density at radius 3 is 2.56 bits per heavy atom. The lowest BCUT2D eigenvalue weighted by atomic mass is 9.98. The van der Waals surface area contributed by atoms with Gasteiger partial charge in [-0.25, -0.2) is 0 Å². The van der Waals surface area contributed by atoms with Crippen molar-refractivity contribution in [1.29, 1.82) is 0 Å². The highest BCUT2D eigenvalue weighted by Crippen LogP contribution is 2.24. The minimum absolute atomic E-state index is 0.243. The first-order chi connectivity index (χ1) is 8.70. The zero-order valence-electron chi connectivity index (χ0n) is 10.4. The van der Waals surface area contributed by atoms with Gasteiger partial charge in [-0.05, 0) is 42.8 Å². The largest absolute Gasteiger partial charge is 0.399 e. The molecule has 0 spiro atoms. The Bertz CT molecular complexity index is 511. The summed E-state index contributed by atoms with van der Waals surface area (Å²) in [6.45, 7) is 0. The lowest BCUT2D eigenvalue weighted by Crippen LogP contribution is -2.19. The van der Waals surface area contributed by atoms with Crippen molar-refractivity contribution in [2.75, 3.05) is 12.8 Å². The first kappa shape index (κ1) is 12.9. The van der Waals surface area contributed by atoms with E-state index in [2.05, 4.69) is 17.4 Å². The first-order valence-corrected chi connectivity index (χ1v) is 6.34. The maximum absolute atomic E-state index is 6.01. The average molecular weight is 261 g/mol. The topological polar surface area (TPSA) is 38.0 Å². The van der Waals surface area contributed by atoms with Crippen molar-refractivity contribution >= 4 is 17.3 Å². The highest BCUT2D eigenvalue weighted by Gasteiger charge is 2.11. The van der Waals surface area contributed by atoms with Gasteiger partial charge in [-0.2, -0.15) is 0 Å². The van der Waals surface area contributed by atoms with Gasteiger partial charge in [-0.1, -0.05) is 41.9 Å². The minimum Gasteiger partial charge on any atom is -0.399 e. The SMILES string of the molecule is CN[C@@H](Cc1cc(Cl)ccc1N)c1ccccc1. The van der Waals surface area contributed by atoms with Gasteiger partial charge in [0.05, 0.1) is 0 Å². The Balaban J connectivity index is 2.23. The molecule has 18 heavy (non-hydrogen) atoms. The Kier molecular flexibility index (Phi) is 4.24. The van der Waals surface area contributed by atoms with Crippen LogP contribution in [0.15, 0.2) is 48.5 Å². The van der Waals surface area contributed by atoms with Crippen LogP contribution in [0.3, 0.4) is 0 Å². The molecule has 0 fully saturated rings. The molecular formula is C15H17ClN2. The number of likely N-dealkylation sites (N-methyl/N-ethyl adjacent to an activating group) is 1. The van der Waals surface area contributed by atoms with Crippen LogP contribution in [0.2, 0.25) is 5.02 Å². The van der Waals surface area contributed by atoms with Crippen LogP contribution >= 0.6 is 11.6 Å². The molecule has 0 saturated heterocycles. The fourth-order valence-electron chi connectivity index (χ4n) is 2.04. The van der Waals surface area contributed by atoms with E-state index >= 15 is 0 Å². The summed E-state index contributed by atoms with van der Waals surface area (Å²) in [7, 11) is 1.96. The van der Waals surface area contributed by atoms with Gasteiger partial charge < -0.3 is 11.1 Å². The summed E-state index contributed by atoms with van der Waals surface area (Å²) in [6, 6.07) is 16.2. The number of nitrogens with one attached hydrogen (secondary N) is 1. The van der Waals surface area contributed by atoms with E-state index < -0.39 is 0 Å². The smallest absolute Gasteiger partial charge is 0.0410 e. The number of hydrogen-bond donors (Lipinski definition) is 2. The summed E-state index contributed by atoms with van der Waals surface area (Å²) in [5.74, 6) is 0. The standard InChI is InChI=1S/C15H17ClN2/c1-18-15(11-5-3-2-4-6-11)10-12-9-13(16)7-8-14(12)17/h2-9,15,18H,10,17H2,1H3/t15-/m0/s1. The van der Waals surface area contributed by atoms with Gasteiger partial charge in [-0.3, -0.25) is 0 Å². The number of rotatable bonds is 4. The van der Waals surface area contributed by atoms with Crippen LogP contribution in [0.5, 0.6) is 0 Å². The molecule has 0 aliphatic carbocycles. The van der Waals surface area contributed by atoms with Crippen molar-refractivity contribution in [3.63, 3.8) is 0 Å². The number of nitrogen functional groups attached to an aromatic ring is 1. The Morgan fingerprint density at radius 2 is 1.89 bits per heavy atom. The van der Waals surface area contributed by atoms with Crippen LogP contribution < -0.4 is 11.1 Å². The zero-order valence-corrected chi connectivity index (χ0v) is 11.1. The monoisotopic (exact) mass is 260 g/mol. The van der Waals surface area contributed by atoms with Gasteiger partial charge in [0.25, 0.3) is 0 Å². The summed E-state index contributed by atoms with van der Waals surface area (Å²) < 4.78 is 0. The molecule has 0 bridgehead atoms. The quantitative estimate of drug-likeness (QED) is 0.827. The maximum Gasteiger partial charge on any atom is 0.0410 e. The summed E-state index contributed by atoms with van der Waals surface area (Å²) in [5, 5.41) is 4.04. The number of benzene rings is 2. The van der Waals surface area contributed by atoms with Crippen LogP contribution in [-0.2, 0) is 6.42 Å². The van der Waals surface area contributed by atoms with E-state index in [-0.39, 0.29) is 6.04 Å². The van der Waals surface area contributed by atoms with Crippen LogP contribution in [0.1, 0.15) is 17.2 Å². The molecular weight excluding hydrogens is 244 g/mol. The van der Waals surface area contributed by atoms with Crippen molar-refractivity contribution in [2.45, 2.75) is 12.5 Å². The summed E-state index contributed by atoms with van der Waals surface area (Å²) in [6.07, 6.45) is 0.826. The fraction of sp³-hybridized carbons (Fsp3) is 0.200. The van der Waals surface area contributed by atoms with Crippen LogP contribution in [0, 0.1) is 0 Å². The number of halogens is 1. The molecule has 0 unspecified atom stereocenters. The van der Waals surface area contributed by atoms with Crippen molar-refractivity contribution < 1.29 is 0 Å². The predicted octanol–water partition coefficient (Wildman–Crippen LogP) is 3.43. The average Bonchev–Trinajstić information content (AvgIpc) is 2.41. The van der Waals surface area contributed by atoms with E-state index in [1.807, 2.05) is 43.4 Å².